The highest BCUT2D eigenvalue weighted by atomic mass is 19.1. The normalized spacial score (nSPS) is 14.6. The van der Waals surface area contributed by atoms with E-state index in [4.69, 9.17) is 0 Å². The molecule has 0 aliphatic carbocycles. The number of hydrogen-bond donors (Lipinski definition) is 2. The molecule has 0 spiro atoms. The van der Waals surface area contributed by atoms with Crippen molar-refractivity contribution in [1.29, 1.82) is 0 Å². The van der Waals surface area contributed by atoms with E-state index in [0.717, 1.165) is 6.07 Å². The highest BCUT2D eigenvalue weighted by molar-refractivity contribution is 5.18. The van der Waals surface area contributed by atoms with E-state index >= 15 is 0 Å². The molecule has 2 N–H and O–H groups in total. The van der Waals surface area contributed by atoms with Gasteiger partial charge < -0.3 is 10.4 Å². The van der Waals surface area contributed by atoms with Gasteiger partial charge >= 0.3 is 0 Å². The first-order chi connectivity index (χ1) is 7.93. The van der Waals surface area contributed by atoms with Crippen LogP contribution in [-0.4, -0.2) is 23.8 Å². The average Bonchev–Trinajstić information content (AvgIpc) is 2.23. The Morgan fingerprint density at radius 3 is 2.35 bits per heavy atom. The van der Waals surface area contributed by atoms with Crippen LogP contribution in [0.4, 0.5) is 8.78 Å². The summed E-state index contributed by atoms with van der Waals surface area (Å²) in [6.07, 6.45) is 1.20. The maximum atomic E-state index is 12.9. The molecule has 1 aromatic rings. The van der Waals surface area contributed by atoms with Gasteiger partial charge in [-0.1, -0.05) is 6.92 Å². The number of rotatable bonds is 6. The SMILES string of the molecule is CCC(C)(O)CNCCc1cc(F)cc(F)c1. The summed E-state index contributed by atoms with van der Waals surface area (Å²) in [5.41, 5.74) is -0.112. The molecular formula is C13H19F2NO. The Balaban J connectivity index is 2.36. The van der Waals surface area contributed by atoms with Crippen LogP contribution in [0.3, 0.4) is 0 Å². The molecule has 0 saturated heterocycles. The average molecular weight is 243 g/mol. The van der Waals surface area contributed by atoms with Crippen molar-refractivity contribution in [3.8, 4) is 0 Å². The lowest BCUT2D eigenvalue weighted by molar-refractivity contribution is 0.0561. The fourth-order valence-electron chi connectivity index (χ4n) is 1.47. The minimum Gasteiger partial charge on any atom is -0.389 e. The molecule has 96 valence electrons. The van der Waals surface area contributed by atoms with Crippen LogP contribution in [0, 0.1) is 11.6 Å². The summed E-state index contributed by atoms with van der Waals surface area (Å²) in [5.74, 6) is -1.11. The molecule has 0 aromatic heterocycles. The summed E-state index contributed by atoms with van der Waals surface area (Å²) in [6, 6.07) is 3.50. The molecule has 0 aliphatic rings. The maximum absolute atomic E-state index is 12.9. The first-order valence-corrected chi connectivity index (χ1v) is 5.81. The third-order valence-electron chi connectivity index (χ3n) is 2.78. The molecule has 0 radical (unpaired) electrons. The predicted molar refractivity (Wildman–Crippen MR) is 63.8 cm³/mol. The fraction of sp³-hybridized carbons (Fsp3) is 0.538. The van der Waals surface area contributed by atoms with Crippen LogP contribution in [0.2, 0.25) is 0 Å². The van der Waals surface area contributed by atoms with Crippen molar-refractivity contribution in [1.82, 2.24) is 5.32 Å². The minimum absolute atomic E-state index is 0.474. The zero-order chi connectivity index (χ0) is 12.9. The zero-order valence-corrected chi connectivity index (χ0v) is 10.3. The van der Waals surface area contributed by atoms with Crippen molar-refractivity contribution in [2.75, 3.05) is 13.1 Å². The van der Waals surface area contributed by atoms with Gasteiger partial charge in [0, 0.05) is 12.6 Å². The second-order valence-electron chi connectivity index (χ2n) is 4.55. The lowest BCUT2D eigenvalue weighted by atomic mass is 10.0. The molecule has 0 fully saturated rings. The van der Waals surface area contributed by atoms with E-state index < -0.39 is 17.2 Å². The lowest BCUT2D eigenvalue weighted by Crippen LogP contribution is -2.37. The van der Waals surface area contributed by atoms with Gasteiger partial charge in [0.05, 0.1) is 5.60 Å². The third-order valence-corrected chi connectivity index (χ3v) is 2.78. The monoisotopic (exact) mass is 243 g/mol. The van der Waals surface area contributed by atoms with Crippen molar-refractivity contribution in [2.45, 2.75) is 32.3 Å². The van der Waals surface area contributed by atoms with Crippen molar-refractivity contribution in [3.63, 3.8) is 0 Å². The van der Waals surface area contributed by atoms with Crippen LogP contribution >= 0.6 is 0 Å². The summed E-state index contributed by atoms with van der Waals surface area (Å²) in [7, 11) is 0. The van der Waals surface area contributed by atoms with Gasteiger partial charge in [0.25, 0.3) is 0 Å². The van der Waals surface area contributed by atoms with Crippen LogP contribution < -0.4 is 5.32 Å². The Hall–Kier alpha value is -1.00. The number of nitrogens with one attached hydrogen (secondary N) is 1. The van der Waals surface area contributed by atoms with Gasteiger partial charge in [-0.15, -0.1) is 0 Å². The van der Waals surface area contributed by atoms with Gasteiger partial charge in [-0.25, -0.2) is 8.78 Å². The van der Waals surface area contributed by atoms with Crippen molar-refractivity contribution >= 4 is 0 Å². The smallest absolute Gasteiger partial charge is 0.126 e. The molecule has 1 rings (SSSR count). The quantitative estimate of drug-likeness (QED) is 0.751. The van der Waals surface area contributed by atoms with Crippen LogP contribution in [0.5, 0.6) is 0 Å². The molecular weight excluding hydrogens is 224 g/mol. The molecule has 17 heavy (non-hydrogen) atoms. The van der Waals surface area contributed by atoms with E-state index in [1.165, 1.54) is 12.1 Å². The zero-order valence-electron chi connectivity index (χ0n) is 10.3. The van der Waals surface area contributed by atoms with Gasteiger partial charge in [-0.3, -0.25) is 0 Å². The predicted octanol–water partition coefficient (Wildman–Crippen LogP) is 2.26. The minimum atomic E-state index is -0.729. The summed E-state index contributed by atoms with van der Waals surface area (Å²) < 4.78 is 25.8. The molecule has 0 amide bonds. The molecule has 0 bridgehead atoms. The van der Waals surface area contributed by atoms with E-state index in [1.807, 2.05) is 6.92 Å². The Bertz CT molecular complexity index is 346. The van der Waals surface area contributed by atoms with E-state index in [0.29, 0.717) is 31.5 Å². The third kappa shape index (κ3) is 5.24. The first-order valence-electron chi connectivity index (χ1n) is 5.81. The molecule has 4 heteroatoms. The Labute approximate surface area is 101 Å². The Morgan fingerprint density at radius 1 is 1.24 bits per heavy atom. The van der Waals surface area contributed by atoms with Crippen molar-refractivity contribution in [3.05, 3.63) is 35.4 Å². The highest BCUT2D eigenvalue weighted by Gasteiger charge is 2.15. The second-order valence-corrected chi connectivity index (χ2v) is 4.55. The molecule has 1 unspecified atom stereocenters. The summed E-state index contributed by atoms with van der Waals surface area (Å²) >= 11 is 0. The van der Waals surface area contributed by atoms with Gasteiger partial charge in [-0.2, -0.15) is 0 Å². The first kappa shape index (κ1) is 14.1. The molecule has 2 nitrogen and oxygen atoms in total. The summed E-state index contributed by atoms with van der Waals surface area (Å²) in [5, 5.41) is 12.8. The number of halogens is 2. The Kier molecular flexibility index (Phi) is 5.02. The number of hydrogen-bond acceptors (Lipinski definition) is 2. The second kappa shape index (κ2) is 6.07. The molecule has 0 heterocycles. The topological polar surface area (TPSA) is 32.3 Å². The molecule has 1 aromatic carbocycles. The largest absolute Gasteiger partial charge is 0.389 e. The number of aliphatic hydroxyl groups is 1. The van der Waals surface area contributed by atoms with Gasteiger partial charge in [0.15, 0.2) is 0 Å². The summed E-state index contributed by atoms with van der Waals surface area (Å²) in [6.45, 7) is 4.71. The van der Waals surface area contributed by atoms with E-state index in [1.54, 1.807) is 6.92 Å². The Morgan fingerprint density at radius 2 is 1.82 bits per heavy atom. The lowest BCUT2D eigenvalue weighted by Gasteiger charge is -2.21. The van der Waals surface area contributed by atoms with E-state index in [9.17, 15) is 13.9 Å². The van der Waals surface area contributed by atoms with Gasteiger partial charge in [0.2, 0.25) is 0 Å². The summed E-state index contributed by atoms with van der Waals surface area (Å²) in [4.78, 5) is 0. The van der Waals surface area contributed by atoms with Gasteiger partial charge in [0.1, 0.15) is 11.6 Å². The van der Waals surface area contributed by atoms with Crippen LogP contribution in [0.25, 0.3) is 0 Å². The number of benzene rings is 1. The van der Waals surface area contributed by atoms with E-state index in [2.05, 4.69) is 5.32 Å². The van der Waals surface area contributed by atoms with Crippen molar-refractivity contribution in [2.24, 2.45) is 0 Å². The van der Waals surface area contributed by atoms with Crippen LogP contribution in [0.1, 0.15) is 25.8 Å². The standard InChI is InChI=1S/C13H19F2NO/c1-3-13(2,17)9-16-5-4-10-6-11(14)8-12(15)7-10/h6-8,16-17H,3-5,9H2,1-2H3. The molecule has 0 aliphatic heterocycles. The fourth-order valence-corrected chi connectivity index (χ4v) is 1.47. The molecule has 1 atom stereocenters. The van der Waals surface area contributed by atoms with Gasteiger partial charge in [-0.05, 0) is 44.0 Å². The maximum Gasteiger partial charge on any atom is 0.126 e. The van der Waals surface area contributed by atoms with E-state index in [-0.39, 0.29) is 0 Å². The van der Waals surface area contributed by atoms with Crippen LogP contribution in [-0.2, 0) is 6.42 Å². The van der Waals surface area contributed by atoms with Crippen LogP contribution in [0.15, 0.2) is 18.2 Å². The van der Waals surface area contributed by atoms with Crippen molar-refractivity contribution < 1.29 is 13.9 Å². The molecule has 0 saturated carbocycles. The highest BCUT2D eigenvalue weighted by Crippen LogP contribution is 2.09.